The van der Waals surface area contributed by atoms with Gasteiger partial charge in [-0.2, -0.15) is 4.98 Å². The third kappa shape index (κ3) is 5.71. The molecule has 152 valence electrons. The average molecular weight is 393 g/mol. The van der Waals surface area contributed by atoms with Crippen molar-refractivity contribution in [3.63, 3.8) is 0 Å². The number of nitrogens with zero attached hydrogens (tertiary/aromatic N) is 4. The molecule has 2 heterocycles. The average Bonchev–Trinajstić information content (AvgIpc) is 3.25. The molecule has 0 saturated carbocycles. The maximum atomic E-state index is 12.4. The van der Waals surface area contributed by atoms with Gasteiger partial charge in [0.2, 0.25) is 17.6 Å². The van der Waals surface area contributed by atoms with Crippen LogP contribution in [0.5, 0.6) is 0 Å². The van der Waals surface area contributed by atoms with Crippen molar-refractivity contribution >= 4 is 5.91 Å². The maximum Gasteiger partial charge on any atom is 0.227 e. The quantitative estimate of drug-likeness (QED) is 0.569. The van der Waals surface area contributed by atoms with E-state index < -0.39 is 0 Å². The number of hydrogen-bond acceptors (Lipinski definition) is 6. The predicted octanol–water partition coefficient (Wildman–Crippen LogP) is 3.26. The number of carbonyl (C=O) groups is 1. The lowest BCUT2D eigenvalue weighted by Gasteiger charge is -2.30. The topological polar surface area (TPSA) is 84.2 Å². The van der Waals surface area contributed by atoms with Gasteiger partial charge in [0.25, 0.3) is 0 Å². The second-order valence-electron chi connectivity index (χ2n) is 6.68. The summed E-state index contributed by atoms with van der Waals surface area (Å²) in [5.41, 5.74) is 1.85. The van der Waals surface area contributed by atoms with Gasteiger partial charge in [-0.15, -0.1) is 0 Å². The van der Waals surface area contributed by atoms with E-state index in [0.29, 0.717) is 36.8 Å². The molecule has 2 aromatic heterocycles. The van der Waals surface area contributed by atoms with Crippen LogP contribution in [0.15, 0.2) is 59.3 Å². The first-order chi connectivity index (χ1) is 14.2. The number of rotatable bonds is 10. The number of amides is 1. The van der Waals surface area contributed by atoms with Gasteiger partial charge >= 0.3 is 0 Å². The van der Waals surface area contributed by atoms with Gasteiger partial charge in [-0.1, -0.05) is 55.4 Å². The van der Waals surface area contributed by atoms with Crippen molar-refractivity contribution < 1.29 is 9.32 Å². The van der Waals surface area contributed by atoms with Gasteiger partial charge in [-0.25, -0.2) is 0 Å². The zero-order valence-corrected chi connectivity index (χ0v) is 16.9. The lowest BCUT2D eigenvalue weighted by Crippen LogP contribution is -2.38. The number of aromatic nitrogens is 3. The Labute approximate surface area is 171 Å². The number of aryl methyl sites for hydroxylation is 1. The Morgan fingerprint density at radius 2 is 1.86 bits per heavy atom. The molecule has 1 unspecified atom stereocenters. The summed E-state index contributed by atoms with van der Waals surface area (Å²) in [4.78, 5) is 23.3. The number of benzene rings is 1. The Kier molecular flexibility index (Phi) is 7.47. The normalized spacial score (nSPS) is 12.1. The second kappa shape index (κ2) is 10.5. The highest BCUT2D eigenvalue weighted by atomic mass is 16.5. The molecular formula is C22H27N5O2. The predicted molar refractivity (Wildman–Crippen MR) is 111 cm³/mol. The van der Waals surface area contributed by atoms with Gasteiger partial charge in [-0.3, -0.25) is 14.7 Å². The fourth-order valence-electron chi connectivity index (χ4n) is 3.27. The molecule has 29 heavy (non-hydrogen) atoms. The van der Waals surface area contributed by atoms with E-state index in [4.69, 9.17) is 4.52 Å². The largest absolute Gasteiger partial charge is 0.354 e. The van der Waals surface area contributed by atoms with Gasteiger partial charge in [0.15, 0.2) is 0 Å². The summed E-state index contributed by atoms with van der Waals surface area (Å²) in [6.45, 7) is 6.67. The number of likely N-dealkylation sites (N-methyl/N-ethyl adjacent to an activating group) is 1. The molecule has 0 fully saturated rings. The first-order valence-corrected chi connectivity index (χ1v) is 10.0. The highest BCUT2D eigenvalue weighted by Gasteiger charge is 2.19. The highest BCUT2D eigenvalue weighted by Crippen LogP contribution is 2.19. The Balaban J connectivity index is 1.54. The van der Waals surface area contributed by atoms with E-state index in [1.165, 1.54) is 5.56 Å². The van der Waals surface area contributed by atoms with Crippen molar-refractivity contribution in [2.75, 3.05) is 19.6 Å². The van der Waals surface area contributed by atoms with E-state index in [1.807, 2.05) is 36.4 Å². The molecule has 0 saturated heterocycles. The standard InChI is InChI=1S/C22H27N5O2/c1-3-27(4-2)19(17-10-6-5-7-11-17)16-24-20(28)13-14-21-25-22(26-29-21)18-12-8-9-15-23-18/h5-12,15,19H,3-4,13-14,16H2,1-2H3,(H,24,28). The summed E-state index contributed by atoms with van der Waals surface area (Å²) < 4.78 is 5.25. The first kappa shape index (κ1) is 20.7. The molecular weight excluding hydrogens is 366 g/mol. The van der Waals surface area contributed by atoms with Crippen LogP contribution in [0.1, 0.15) is 37.8 Å². The van der Waals surface area contributed by atoms with Crippen LogP contribution in [0.2, 0.25) is 0 Å². The van der Waals surface area contributed by atoms with Crippen LogP contribution >= 0.6 is 0 Å². The molecule has 7 nitrogen and oxygen atoms in total. The molecule has 0 radical (unpaired) electrons. The molecule has 1 aromatic carbocycles. The maximum absolute atomic E-state index is 12.4. The van der Waals surface area contributed by atoms with E-state index in [1.54, 1.807) is 6.20 Å². The van der Waals surface area contributed by atoms with Crippen LogP contribution < -0.4 is 5.32 Å². The number of hydrogen-bond donors (Lipinski definition) is 1. The number of pyridine rings is 1. The number of carbonyl (C=O) groups excluding carboxylic acids is 1. The SMILES string of the molecule is CCN(CC)C(CNC(=O)CCc1nc(-c2ccccn2)no1)c1ccccc1. The monoisotopic (exact) mass is 393 g/mol. The van der Waals surface area contributed by atoms with E-state index in [2.05, 4.69) is 51.3 Å². The van der Waals surface area contributed by atoms with Crippen molar-refractivity contribution in [2.24, 2.45) is 0 Å². The molecule has 1 N–H and O–H groups in total. The first-order valence-electron chi connectivity index (χ1n) is 10.0. The highest BCUT2D eigenvalue weighted by molar-refractivity contribution is 5.76. The van der Waals surface area contributed by atoms with Crippen LogP contribution in [-0.2, 0) is 11.2 Å². The minimum Gasteiger partial charge on any atom is -0.354 e. The van der Waals surface area contributed by atoms with Gasteiger partial charge in [0.05, 0.1) is 6.04 Å². The second-order valence-corrected chi connectivity index (χ2v) is 6.68. The molecule has 3 rings (SSSR count). The molecule has 7 heteroatoms. The summed E-state index contributed by atoms with van der Waals surface area (Å²) in [5, 5.41) is 6.99. The molecule has 1 atom stereocenters. The Morgan fingerprint density at radius 1 is 1.10 bits per heavy atom. The lowest BCUT2D eigenvalue weighted by atomic mass is 10.0. The lowest BCUT2D eigenvalue weighted by molar-refractivity contribution is -0.121. The van der Waals surface area contributed by atoms with Gasteiger partial charge in [0, 0.05) is 25.6 Å². The van der Waals surface area contributed by atoms with Crippen molar-refractivity contribution in [3.05, 3.63) is 66.2 Å². The third-order valence-corrected chi connectivity index (χ3v) is 4.86. The molecule has 1 amide bonds. The fraction of sp³-hybridized carbons (Fsp3) is 0.364. The summed E-state index contributed by atoms with van der Waals surface area (Å²) in [5.74, 6) is 0.839. The summed E-state index contributed by atoms with van der Waals surface area (Å²) in [6, 6.07) is 15.9. The number of nitrogens with one attached hydrogen (secondary N) is 1. The Hall–Kier alpha value is -3.06. The summed E-state index contributed by atoms with van der Waals surface area (Å²) in [7, 11) is 0. The molecule has 0 spiro atoms. The van der Waals surface area contributed by atoms with Gasteiger partial charge in [0.1, 0.15) is 5.69 Å². The summed E-state index contributed by atoms with van der Waals surface area (Å²) in [6.07, 6.45) is 2.37. The summed E-state index contributed by atoms with van der Waals surface area (Å²) >= 11 is 0. The van der Waals surface area contributed by atoms with Crippen LogP contribution in [0.3, 0.4) is 0 Å². The molecule has 0 aliphatic rings. The smallest absolute Gasteiger partial charge is 0.227 e. The minimum absolute atomic E-state index is 0.0318. The Morgan fingerprint density at radius 3 is 2.55 bits per heavy atom. The zero-order valence-electron chi connectivity index (χ0n) is 16.9. The van der Waals surface area contributed by atoms with Crippen molar-refractivity contribution in [3.8, 4) is 11.5 Å². The molecule has 0 bridgehead atoms. The van der Waals surface area contributed by atoms with Crippen LogP contribution in [-0.4, -0.2) is 45.6 Å². The molecule has 0 aliphatic carbocycles. The van der Waals surface area contributed by atoms with Crippen LogP contribution in [0.25, 0.3) is 11.5 Å². The van der Waals surface area contributed by atoms with E-state index in [9.17, 15) is 4.79 Å². The van der Waals surface area contributed by atoms with Crippen molar-refractivity contribution in [1.82, 2.24) is 25.3 Å². The van der Waals surface area contributed by atoms with Crippen LogP contribution in [0, 0.1) is 0 Å². The van der Waals surface area contributed by atoms with E-state index in [0.717, 1.165) is 13.1 Å². The Bertz CT molecular complexity index is 878. The van der Waals surface area contributed by atoms with Gasteiger partial charge < -0.3 is 9.84 Å². The molecule has 0 aliphatic heterocycles. The van der Waals surface area contributed by atoms with Crippen molar-refractivity contribution in [2.45, 2.75) is 32.7 Å². The fourth-order valence-corrected chi connectivity index (χ4v) is 3.27. The van der Waals surface area contributed by atoms with Gasteiger partial charge in [-0.05, 0) is 30.8 Å². The molecule has 3 aromatic rings. The van der Waals surface area contributed by atoms with E-state index in [-0.39, 0.29) is 11.9 Å². The zero-order chi connectivity index (χ0) is 20.5. The van der Waals surface area contributed by atoms with Crippen LogP contribution in [0.4, 0.5) is 0 Å². The minimum atomic E-state index is -0.0318. The van der Waals surface area contributed by atoms with E-state index >= 15 is 0 Å². The third-order valence-electron chi connectivity index (χ3n) is 4.86. The van der Waals surface area contributed by atoms with Crippen molar-refractivity contribution in [1.29, 1.82) is 0 Å².